The molecule has 3 rings (SSSR count). The quantitative estimate of drug-likeness (QED) is 0.400. The molecular formula is C23H24ClNO5. The second kappa shape index (κ2) is 8.79. The molecule has 0 radical (unpaired) electrons. The largest absolute Gasteiger partial charge is 0.507 e. The van der Waals surface area contributed by atoms with Crippen molar-refractivity contribution in [3.8, 4) is 11.5 Å². The summed E-state index contributed by atoms with van der Waals surface area (Å²) in [6, 6.07) is 10.3. The second-order valence-corrected chi connectivity index (χ2v) is 7.95. The molecule has 0 aromatic heterocycles. The number of nitrogens with zero attached hydrogens (tertiary/aromatic N) is 1. The van der Waals surface area contributed by atoms with E-state index in [2.05, 4.69) is 0 Å². The number of aliphatic hydroxyl groups is 1. The highest BCUT2D eigenvalue weighted by molar-refractivity contribution is 6.46. The minimum atomic E-state index is -0.803. The van der Waals surface area contributed by atoms with Gasteiger partial charge in [-0.05, 0) is 54.8 Å². The van der Waals surface area contributed by atoms with Crippen LogP contribution in [0.5, 0.6) is 11.5 Å². The van der Waals surface area contributed by atoms with Gasteiger partial charge in [-0.25, -0.2) is 0 Å². The number of ketones is 1. The van der Waals surface area contributed by atoms with Crippen molar-refractivity contribution in [2.45, 2.75) is 26.8 Å². The van der Waals surface area contributed by atoms with E-state index in [1.165, 1.54) is 11.0 Å². The van der Waals surface area contributed by atoms with E-state index < -0.39 is 17.7 Å². The van der Waals surface area contributed by atoms with Gasteiger partial charge in [0.05, 0.1) is 18.2 Å². The van der Waals surface area contributed by atoms with Crippen LogP contribution in [0.4, 0.5) is 0 Å². The van der Waals surface area contributed by atoms with Crippen LogP contribution in [0.25, 0.3) is 5.76 Å². The summed E-state index contributed by atoms with van der Waals surface area (Å²) in [6.45, 7) is 6.35. The van der Waals surface area contributed by atoms with Gasteiger partial charge in [-0.15, -0.1) is 0 Å². The van der Waals surface area contributed by atoms with Crippen molar-refractivity contribution in [3.63, 3.8) is 0 Å². The number of hydrogen-bond donors (Lipinski definition) is 2. The van der Waals surface area contributed by atoms with Gasteiger partial charge >= 0.3 is 0 Å². The maximum Gasteiger partial charge on any atom is 0.295 e. The van der Waals surface area contributed by atoms with E-state index in [9.17, 15) is 19.8 Å². The van der Waals surface area contributed by atoms with E-state index in [4.69, 9.17) is 16.3 Å². The van der Waals surface area contributed by atoms with Crippen LogP contribution in [0, 0.1) is 5.92 Å². The molecule has 2 aromatic rings. The summed E-state index contributed by atoms with van der Waals surface area (Å²) in [7, 11) is 0. The molecule has 1 amide bonds. The molecule has 2 aromatic carbocycles. The molecule has 1 saturated heterocycles. The molecule has 1 atom stereocenters. The van der Waals surface area contributed by atoms with Gasteiger partial charge in [-0.2, -0.15) is 0 Å². The Labute approximate surface area is 180 Å². The smallest absolute Gasteiger partial charge is 0.295 e. The molecule has 1 aliphatic rings. The number of carbonyl (C=O) groups excluding carboxylic acids is 2. The van der Waals surface area contributed by atoms with E-state index in [1.54, 1.807) is 43.3 Å². The third-order valence-corrected chi connectivity index (χ3v) is 5.07. The first-order valence-corrected chi connectivity index (χ1v) is 10.1. The number of benzene rings is 2. The lowest BCUT2D eigenvalue weighted by Gasteiger charge is -2.27. The lowest BCUT2D eigenvalue weighted by Crippen LogP contribution is -2.33. The SMILES string of the molecule is CCOc1cc([C@H]2C(=C(O)c3ccc(Cl)cc3)C(=O)C(=O)N2CC(C)C)ccc1O. The zero-order chi connectivity index (χ0) is 22.0. The van der Waals surface area contributed by atoms with Crippen molar-refractivity contribution >= 4 is 29.1 Å². The standard InChI is InChI=1S/C23H24ClNO5/c1-4-30-18-11-15(7-10-17(18)26)20-19(21(27)14-5-8-16(24)9-6-14)22(28)23(29)25(20)12-13(2)3/h5-11,13,20,26-27H,4,12H2,1-3H3/t20-/m0/s1. The van der Waals surface area contributed by atoms with Crippen molar-refractivity contribution in [2.24, 2.45) is 5.92 Å². The van der Waals surface area contributed by atoms with Gasteiger partial charge in [0, 0.05) is 17.1 Å². The molecule has 2 N–H and O–H groups in total. The Hall–Kier alpha value is -2.99. The molecule has 158 valence electrons. The average Bonchev–Trinajstić information content (AvgIpc) is 2.94. The minimum absolute atomic E-state index is 0.00360. The van der Waals surface area contributed by atoms with E-state index in [0.717, 1.165) is 0 Å². The molecule has 0 spiro atoms. The first kappa shape index (κ1) is 21.7. The van der Waals surface area contributed by atoms with Crippen LogP contribution in [0.1, 0.15) is 37.9 Å². The zero-order valence-corrected chi connectivity index (χ0v) is 17.8. The van der Waals surface area contributed by atoms with Crippen LogP contribution in [0.15, 0.2) is 48.0 Å². The van der Waals surface area contributed by atoms with Gasteiger partial charge in [0.25, 0.3) is 11.7 Å². The van der Waals surface area contributed by atoms with Crippen LogP contribution < -0.4 is 4.74 Å². The summed E-state index contributed by atoms with van der Waals surface area (Å²) in [5.41, 5.74) is 0.943. The van der Waals surface area contributed by atoms with E-state index in [1.807, 2.05) is 13.8 Å². The van der Waals surface area contributed by atoms with Crippen LogP contribution in [-0.2, 0) is 9.59 Å². The molecule has 0 saturated carbocycles. The molecule has 0 bridgehead atoms. The summed E-state index contributed by atoms with van der Waals surface area (Å²) in [5.74, 6) is -1.39. The Balaban J connectivity index is 2.20. The Morgan fingerprint density at radius 1 is 1.17 bits per heavy atom. The van der Waals surface area contributed by atoms with Gasteiger partial charge in [0.1, 0.15) is 5.76 Å². The highest BCUT2D eigenvalue weighted by Gasteiger charge is 2.46. The number of Topliss-reactive ketones (excluding diaryl/α,β-unsaturated/α-hetero) is 1. The highest BCUT2D eigenvalue weighted by atomic mass is 35.5. The number of halogens is 1. The third-order valence-electron chi connectivity index (χ3n) is 4.82. The van der Waals surface area contributed by atoms with Gasteiger partial charge in [0.15, 0.2) is 11.5 Å². The van der Waals surface area contributed by atoms with Crippen LogP contribution in [0.2, 0.25) is 5.02 Å². The topological polar surface area (TPSA) is 87.1 Å². The number of aliphatic hydroxyl groups excluding tert-OH is 1. The molecule has 6 nitrogen and oxygen atoms in total. The lowest BCUT2D eigenvalue weighted by molar-refractivity contribution is -0.140. The van der Waals surface area contributed by atoms with Crippen molar-refractivity contribution in [1.82, 2.24) is 4.90 Å². The van der Waals surface area contributed by atoms with Crippen molar-refractivity contribution in [1.29, 1.82) is 0 Å². The summed E-state index contributed by atoms with van der Waals surface area (Å²) in [5, 5.41) is 21.5. The second-order valence-electron chi connectivity index (χ2n) is 7.51. The Morgan fingerprint density at radius 3 is 2.43 bits per heavy atom. The van der Waals surface area contributed by atoms with Crippen LogP contribution in [-0.4, -0.2) is 40.0 Å². The van der Waals surface area contributed by atoms with Gasteiger partial charge in [-0.1, -0.05) is 31.5 Å². The summed E-state index contributed by atoms with van der Waals surface area (Å²) < 4.78 is 5.47. The van der Waals surface area contributed by atoms with E-state index in [-0.39, 0.29) is 28.7 Å². The molecule has 1 heterocycles. The minimum Gasteiger partial charge on any atom is -0.507 e. The highest BCUT2D eigenvalue weighted by Crippen LogP contribution is 2.42. The van der Waals surface area contributed by atoms with Crippen molar-refractivity contribution in [3.05, 3.63) is 64.2 Å². The number of phenols is 1. The Bertz CT molecular complexity index is 997. The Morgan fingerprint density at radius 2 is 1.83 bits per heavy atom. The summed E-state index contributed by atoms with van der Waals surface area (Å²) in [4.78, 5) is 27.2. The molecule has 30 heavy (non-hydrogen) atoms. The number of phenolic OH excluding ortho intramolecular Hbond substituents is 1. The van der Waals surface area contributed by atoms with Crippen molar-refractivity contribution < 1.29 is 24.5 Å². The number of carbonyl (C=O) groups is 2. The fourth-order valence-corrected chi connectivity index (χ4v) is 3.67. The van der Waals surface area contributed by atoms with E-state index in [0.29, 0.717) is 29.3 Å². The molecule has 7 heteroatoms. The fraction of sp³-hybridized carbons (Fsp3) is 0.304. The molecular weight excluding hydrogens is 406 g/mol. The predicted molar refractivity (Wildman–Crippen MR) is 115 cm³/mol. The normalized spacial score (nSPS) is 18.3. The lowest BCUT2D eigenvalue weighted by atomic mass is 9.94. The maximum absolute atomic E-state index is 12.9. The first-order valence-electron chi connectivity index (χ1n) is 9.74. The number of amides is 1. The van der Waals surface area contributed by atoms with Crippen LogP contribution >= 0.6 is 11.6 Å². The van der Waals surface area contributed by atoms with Gasteiger partial charge in [0.2, 0.25) is 0 Å². The number of rotatable bonds is 6. The number of ether oxygens (including phenoxy) is 1. The fourth-order valence-electron chi connectivity index (χ4n) is 3.54. The van der Waals surface area contributed by atoms with E-state index >= 15 is 0 Å². The molecule has 1 aliphatic heterocycles. The predicted octanol–water partition coefficient (Wildman–Crippen LogP) is 4.52. The number of hydrogen-bond acceptors (Lipinski definition) is 5. The summed E-state index contributed by atoms with van der Waals surface area (Å²) in [6.07, 6.45) is 0. The first-order chi connectivity index (χ1) is 14.2. The third kappa shape index (κ3) is 4.14. The number of likely N-dealkylation sites (tertiary alicyclic amines) is 1. The van der Waals surface area contributed by atoms with Crippen molar-refractivity contribution in [2.75, 3.05) is 13.2 Å². The summed E-state index contributed by atoms with van der Waals surface area (Å²) >= 11 is 5.93. The van der Waals surface area contributed by atoms with Gasteiger partial charge in [-0.3, -0.25) is 9.59 Å². The monoisotopic (exact) mass is 429 g/mol. The maximum atomic E-state index is 12.9. The Kier molecular flexibility index (Phi) is 6.37. The molecule has 0 unspecified atom stereocenters. The van der Waals surface area contributed by atoms with Gasteiger partial charge < -0.3 is 19.8 Å². The molecule has 0 aliphatic carbocycles. The number of aromatic hydroxyl groups is 1. The molecule has 1 fully saturated rings. The zero-order valence-electron chi connectivity index (χ0n) is 17.1. The average molecular weight is 430 g/mol. The van der Waals surface area contributed by atoms with Crippen LogP contribution in [0.3, 0.4) is 0 Å².